The SMILES string of the molecule is CN(C)C(=O)[C@H]1Cc2c([nH]c3ccccc23)[C@H](c2ccc(S(C)(=O)=O)cc2)N1. The standard InChI is InChI=1S/C21H23N3O3S/c1-24(2)21(25)18-12-16-15-6-4-5-7-17(15)22-20(16)19(23-18)13-8-10-14(11-9-13)28(3,26)27/h4-11,18-19,22-23H,12H2,1-3H3/t18-,19+/m1/s1. The van der Waals surface area contributed by atoms with Crippen LogP contribution in [-0.4, -0.2) is 50.6 Å². The number of sulfone groups is 1. The van der Waals surface area contributed by atoms with Crippen molar-refractivity contribution in [3.63, 3.8) is 0 Å². The molecule has 1 amide bonds. The Labute approximate surface area is 164 Å². The number of likely N-dealkylation sites (N-methyl/N-ethyl adjacent to an activating group) is 1. The zero-order chi connectivity index (χ0) is 20.1. The van der Waals surface area contributed by atoms with Crippen molar-refractivity contribution in [1.29, 1.82) is 0 Å². The molecule has 1 aliphatic rings. The van der Waals surface area contributed by atoms with Gasteiger partial charge in [-0.25, -0.2) is 8.42 Å². The zero-order valence-corrected chi connectivity index (χ0v) is 16.9. The van der Waals surface area contributed by atoms with Crippen LogP contribution in [0.25, 0.3) is 10.9 Å². The molecule has 28 heavy (non-hydrogen) atoms. The van der Waals surface area contributed by atoms with E-state index in [0.717, 1.165) is 27.7 Å². The molecule has 4 rings (SSSR count). The van der Waals surface area contributed by atoms with Gasteiger partial charge < -0.3 is 9.88 Å². The second-order valence-corrected chi connectivity index (χ2v) is 9.51. The molecule has 2 aromatic carbocycles. The van der Waals surface area contributed by atoms with E-state index in [1.807, 2.05) is 30.3 Å². The zero-order valence-electron chi connectivity index (χ0n) is 16.1. The number of hydrogen-bond donors (Lipinski definition) is 2. The van der Waals surface area contributed by atoms with E-state index in [0.29, 0.717) is 6.42 Å². The monoisotopic (exact) mass is 397 g/mol. The Bertz CT molecular complexity index is 1150. The third-order valence-corrected chi connectivity index (χ3v) is 6.42. The fraction of sp³-hybridized carbons (Fsp3) is 0.286. The summed E-state index contributed by atoms with van der Waals surface area (Å²) >= 11 is 0. The van der Waals surface area contributed by atoms with Crippen molar-refractivity contribution in [3.05, 3.63) is 65.4 Å². The molecule has 3 aromatic rings. The lowest BCUT2D eigenvalue weighted by Crippen LogP contribution is -2.49. The van der Waals surface area contributed by atoms with Crippen LogP contribution in [0.4, 0.5) is 0 Å². The average Bonchev–Trinajstić information content (AvgIpc) is 3.04. The number of nitrogens with zero attached hydrogens (tertiary/aromatic N) is 1. The van der Waals surface area contributed by atoms with Crippen LogP contribution in [0.15, 0.2) is 53.4 Å². The summed E-state index contributed by atoms with van der Waals surface area (Å²) in [6.45, 7) is 0. The van der Waals surface area contributed by atoms with Crippen molar-refractivity contribution in [2.24, 2.45) is 0 Å². The lowest BCUT2D eigenvalue weighted by molar-refractivity contribution is -0.131. The molecule has 0 radical (unpaired) electrons. The minimum Gasteiger partial charge on any atom is -0.357 e. The number of nitrogens with one attached hydrogen (secondary N) is 2. The van der Waals surface area contributed by atoms with Gasteiger partial charge in [-0.05, 0) is 35.7 Å². The maximum Gasteiger partial charge on any atom is 0.239 e. The number of carbonyl (C=O) groups excluding carboxylic acids is 1. The van der Waals surface area contributed by atoms with Gasteiger partial charge in [0.25, 0.3) is 0 Å². The second kappa shape index (κ2) is 6.76. The Morgan fingerprint density at radius 1 is 1.07 bits per heavy atom. The molecule has 0 bridgehead atoms. The number of rotatable bonds is 3. The van der Waals surface area contributed by atoms with E-state index < -0.39 is 9.84 Å². The first-order chi connectivity index (χ1) is 13.3. The van der Waals surface area contributed by atoms with Gasteiger partial charge in [-0.3, -0.25) is 10.1 Å². The summed E-state index contributed by atoms with van der Waals surface area (Å²) in [5, 5.41) is 4.57. The van der Waals surface area contributed by atoms with Gasteiger partial charge in [0, 0.05) is 36.9 Å². The van der Waals surface area contributed by atoms with E-state index in [4.69, 9.17) is 0 Å². The van der Waals surface area contributed by atoms with Gasteiger partial charge in [0.15, 0.2) is 9.84 Å². The largest absolute Gasteiger partial charge is 0.357 e. The third-order valence-electron chi connectivity index (χ3n) is 5.29. The number of fused-ring (bicyclic) bond motifs is 3. The van der Waals surface area contributed by atoms with Gasteiger partial charge in [-0.15, -0.1) is 0 Å². The molecule has 146 valence electrons. The number of para-hydroxylation sites is 1. The smallest absolute Gasteiger partial charge is 0.239 e. The lowest BCUT2D eigenvalue weighted by Gasteiger charge is -2.32. The first-order valence-corrected chi connectivity index (χ1v) is 11.0. The normalized spacial score (nSPS) is 19.4. The van der Waals surface area contributed by atoms with Crippen molar-refractivity contribution in [3.8, 4) is 0 Å². The van der Waals surface area contributed by atoms with Gasteiger partial charge in [0.05, 0.1) is 17.0 Å². The van der Waals surface area contributed by atoms with Crippen LogP contribution < -0.4 is 5.32 Å². The van der Waals surface area contributed by atoms with Crippen LogP contribution in [0.1, 0.15) is 22.9 Å². The van der Waals surface area contributed by atoms with Crippen LogP contribution in [0.3, 0.4) is 0 Å². The summed E-state index contributed by atoms with van der Waals surface area (Å²) in [5.41, 5.74) is 4.10. The Morgan fingerprint density at radius 3 is 2.39 bits per heavy atom. The topological polar surface area (TPSA) is 82.3 Å². The molecule has 0 fully saturated rings. The van der Waals surface area contributed by atoms with E-state index in [2.05, 4.69) is 16.4 Å². The summed E-state index contributed by atoms with van der Waals surface area (Å²) in [7, 11) is 0.253. The van der Waals surface area contributed by atoms with Crippen molar-refractivity contribution >= 4 is 26.6 Å². The third kappa shape index (κ3) is 3.21. The highest BCUT2D eigenvalue weighted by atomic mass is 32.2. The van der Waals surface area contributed by atoms with Gasteiger partial charge >= 0.3 is 0 Å². The summed E-state index contributed by atoms with van der Waals surface area (Å²) in [6, 6.07) is 14.4. The molecule has 2 heterocycles. The van der Waals surface area contributed by atoms with Gasteiger partial charge in [0.1, 0.15) is 0 Å². The van der Waals surface area contributed by atoms with E-state index in [1.165, 1.54) is 6.26 Å². The minimum atomic E-state index is -3.26. The van der Waals surface area contributed by atoms with E-state index in [1.54, 1.807) is 31.1 Å². The first kappa shape index (κ1) is 18.7. The summed E-state index contributed by atoms with van der Waals surface area (Å²) in [5.74, 6) is 0.0219. The van der Waals surface area contributed by atoms with Crippen LogP contribution in [0.2, 0.25) is 0 Å². The number of benzene rings is 2. The summed E-state index contributed by atoms with van der Waals surface area (Å²) in [6.07, 6.45) is 1.80. The molecular formula is C21H23N3O3S. The quantitative estimate of drug-likeness (QED) is 0.710. The predicted molar refractivity (Wildman–Crippen MR) is 109 cm³/mol. The maximum atomic E-state index is 12.7. The molecule has 0 spiro atoms. The molecule has 0 unspecified atom stereocenters. The van der Waals surface area contributed by atoms with Crippen LogP contribution in [0.5, 0.6) is 0 Å². The molecule has 6 nitrogen and oxygen atoms in total. The fourth-order valence-corrected chi connectivity index (χ4v) is 4.51. The van der Waals surface area contributed by atoms with Crippen molar-refractivity contribution in [2.45, 2.75) is 23.4 Å². The van der Waals surface area contributed by atoms with Crippen molar-refractivity contribution < 1.29 is 13.2 Å². The molecule has 1 aromatic heterocycles. The highest BCUT2D eigenvalue weighted by molar-refractivity contribution is 7.90. The Balaban J connectivity index is 1.83. The summed E-state index contributed by atoms with van der Waals surface area (Å²) < 4.78 is 23.6. The first-order valence-electron chi connectivity index (χ1n) is 9.12. The molecule has 0 saturated carbocycles. The Hall–Kier alpha value is -2.64. The predicted octanol–water partition coefficient (Wildman–Crippen LogP) is 2.26. The molecule has 1 aliphatic heterocycles. The number of hydrogen-bond acceptors (Lipinski definition) is 4. The van der Waals surface area contributed by atoms with Crippen molar-refractivity contribution in [2.75, 3.05) is 20.4 Å². The molecular weight excluding hydrogens is 374 g/mol. The van der Waals surface area contributed by atoms with E-state index in [-0.39, 0.29) is 22.9 Å². The van der Waals surface area contributed by atoms with Gasteiger partial charge in [-0.1, -0.05) is 30.3 Å². The molecule has 0 aliphatic carbocycles. The van der Waals surface area contributed by atoms with Crippen LogP contribution in [-0.2, 0) is 21.1 Å². The molecule has 2 N–H and O–H groups in total. The van der Waals surface area contributed by atoms with E-state index in [9.17, 15) is 13.2 Å². The van der Waals surface area contributed by atoms with Crippen molar-refractivity contribution in [1.82, 2.24) is 15.2 Å². The number of carbonyl (C=O) groups is 1. The highest BCUT2D eigenvalue weighted by Crippen LogP contribution is 2.35. The minimum absolute atomic E-state index is 0.0219. The van der Waals surface area contributed by atoms with Crippen LogP contribution in [0, 0.1) is 0 Å². The number of amides is 1. The second-order valence-electron chi connectivity index (χ2n) is 7.49. The molecule has 0 saturated heterocycles. The molecule has 2 atom stereocenters. The Morgan fingerprint density at radius 2 is 1.75 bits per heavy atom. The highest BCUT2D eigenvalue weighted by Gasteiger charge is 2.34. The lowest BCUT2D eigenvalue weighted by atomic mass is 9.90. The number of H-pyrrole nitrogens is 1. The van der Waals surface area contributed by atoms with Gasteiger partial charge in [-0.2, -0.15) is 0 Å². The Kier molecular flexibility index (Phi) is 4.51. The van der Waals surface area contributed by atoms with E-state index >= 15 is 0 Å². The summed E-state index contributed by atoms with van der Waals surface area (Å²) in [4.78, 5) is 18.1. The van der Waals surface area contributed by atoms with Gasteiger partial charge in [0.2, 0.25) is 5.91 Å². The maximum absolute atomic E-state index is 12.7. The van der Waals surface area contributed by atoms with Crippen LogP contribution >= 0.6 is 0 Å². The fourth-order valence-electron chi connectivity index (χ4n) is 3.88. The number of aromatic nitrogens is 1. The number of aromatic amines is 1. The molecule has 7 heteroatoms. The average molecular weight is 398 g/mol.